The molecule has 0 radical (unpaired) electrons. The fraction of sp³-hybridized carbons (Fsp3) is 0.235. The lowest BCUT2D eigenvalue weighted by Crippen LogP contribution is -2.21. The number of carbonyl (C=O) groups excluding carboxylic acids is 1. The molecule has 3 rings (SSSR count). The fourth-order valence-electron chi connectivity index (χ4n) is 2.39. The summed E-state index contributed by atoms with van der Waals surface area (Å²) in [4.78, 5) is 30.7. The molecule has 0 fully saturated rings. The molecule has 1 aromatic carbocycles. The first-order valence-corrected chi connectivity index (χ1v) is 9.42. The molecule has 0 bridgehead atoms. The number of nitrogens with one attached hydrogen (secondary N) is 1. The van der Waals surface area contributed by atoms with Crippen LogP contribution in [0.15, 0.2) is 28.2 Å². The number of hydrogen-bond donors (Lipinski definition) is 1. The predicted molar refractivity (Wildman–Crippen MR) is 100 cm³/mol. The average molecular weight is 395 g/mol. The van der Waals surface area contributed by atoms with Gasteiger partial charge in [-0.15, -0.1) is 11.3 Å². The first-order chi connectivity index (χ1) is 12.3. The maximum atomic E-state index is 13.2. The van der Waals surface area contributed by atoms with E-state index in [1.165, 1.54) is 22.0 Å². The minimum Gasteiger partial charge on any atom is -0.325 e. The van der Waals surface area contributed by atoms with Crippen molar-refractivity contribution in [2.45, 2.75) is 19.0 Å². The monoisotopic (exact) mass is 395 g/mol. The van der Waals surface area contributed by atoms with Crippen molar-refractivity contribution in [3.05, 3.63) is 50.6 Å². The van der Waals surface area contributed by atoms with Crippen LogP contribution in [0, 0.1) is 25.5 Å². The van der Waals surface area contributed by atoms with Crippen molar-refractivity contribution >= 4 is 44.9 Å². The molecule has 0 unspecified atom stereocenters. The van der Waals surface area contributed by atoms with Crippen LogP contribution in [0.4, 0.5) is 14.5 Å². The molecule has 0 saturated heterocycles. The average Bonchev–Trinajstić information content (AvgIpc) is 2.87. The number of halogens is 2. The molecular weight excluding hydrogens is 380 g/mol. The Labute approximate surface area is 156 Å². The number of aromatic nitrogens is 2. The lowest BCUT2D eigenvalue weighted by molar-refractivity contribution is -0.113. The van der Waals surface area contributed by atoms with E-state index in [4.69, 9.17) is 0 Å². The van der Waals surface area contributed by atoms with Crippen LogP contribution in [0.5, 0.6) is 0 Å². The van der Waals surface area contributed by atoms with Crippen molar-refractivity contribution < 1.29 is 13.6 Å². The van der Waals surface area contributed by atoms with Gasteiger partial charge in [0.2, 0.25) is 5.91 Å². The van der Waals surface area contributed by atoms with Crippen molar-refractivity contribution in [1.29, 1.82) is 0 Å². The molecule has 3 aromatic rings. The number of thioether (sulfide) groups is 1. The zero-order chi connectivity index (χ0) is 19.0. The third kappa shape index (κ3) is 3.49. The molecule has 0 aliphatic carbocycles. The van der Waals surface area contributed by atoms with E-state index >= 15 is 0 Å². The molecule has 2 heterocycles. The van der Waals surface area contributed by atoms with Gasteiger partial charge in [-0.1, -0.05) is 11.8 Å². The first kappa shape index (κ1) is 18.5. The number of nitrogens with zero attached hydrogens (tertiary/aromatic N) is 2. The largest absolute Gasteiger partial charge is 0.325 e. The highest BCUT2D eigenvalue weighted by molar-refractivity contribution is 7.99. The first-order valence-electron chi connectivity index (χ1n) is 7.62. The summed E-state index contributed by atoms with van der Waals surface area (Å²) in [5.74, 6) is -2.44. The number of fused-ring (bicyclic) bond motifs is 1. The van der Waals surface area contributed by atoms with E-state index in [0.29, 0.717) is 15.4 Å². The van der Waals surface area contributed by atoms with Crippen LogP contribution >= 0.6 is 23.1 Å². The molecule has 26 heavy (non-hydrogen) atoms. The van der Waals surface area contributed by atoms with Gasteiger partial charge in [-0.05, 0) is 31.5 Å². The number of carbonyl (C=O) groups is 1. The van der Waals surface area contributed by atoms with Gasteiger partial charge in [-0.2, -0.15) is 0 Å². The van der Waals surface area contributed by atoms with Crippen LogP contribution in [0.25, 0.3) is 10.2 Å². The number of amides is 1. The molecule has 9 heteroatoms. The highest BCUT2D eigenvalue weighted by Crippen LogP contribution is 2.28. The van der Waals surface area contributed by atoms with E-state index in [1.54, 1.807) is 7.05 Å². The van der Waals surface area contributed by atoms with Gasteiger partial charge in [-0.3, -0.25) is 14.2 Å². The summed E-state index contributed by atoms with van der Waals surface area (Å²) < 4.78 is 27.5. The molecule has 0 saturated carbocycles. The number of thiophene rings is 1. The highest BCUT2D eigenvalue weighted by Gasteiger charge is 2.16. The Morgan fingerprint density at radius 2 is 2.04 bits per heavy atom. The summed E-state index contributed by atoms with van der Waals surface area (Å²) in [6.07, 6.45) is 0. The van der Waals surface area contributed by atoms with Gasteiger partial charge in [0.05, 0.1) is 11.1 Å². The van der Waals surface area contributed by atoms with E-state index < -0.39 is 17.5 Å². The van der Waals surface area contributed by atoms with Crippen LogP contribution < -0.4 is 10.9 Å². The van der Waals surface area contributed by atoms with Gasteiger partial charge < -0.3 is 5.32 Å². The second kappa shape index (κ2) is 7.16. The summed E-state index contributed by atoms with van der Waals surface area (Å²) in [7, 11) is 1.61. The van der Waals surface area contributed by atoms with Crippen molar-refractivity contribution in [2.24, 2.45) is 7.05 Å². The smallest absolute Gasteiger partial charge is 0.262 e. The molecule has 0 spiro atoms. The Hall–Kier alpha value is -2.26. The Morgan fingerprint density at radius 1 is 1.31 bits per heavy atom. The summed E-state index contributed by atoms with van der Waals surface area (Å²) >= 11 is 2.54. The second-order valence-electron chi connectivity index (χ2n) is 5.69. The van der Waals surface area contributed by atoms with E-state index in [2.05, 4.69) is 10.3 Å². The molecule has 136 valence electrons. The Bertz CT molecular complexity index is 1080. The van der Waals surface area contributed by atoms with Crippen LogP contribution in [-0.2, 0) is 11.8 Å². The normalized spacial score (nSPS) is 11.1. The van der Waals surface area contributed by atoms with E-state index in [9.17, 15) is 18.4 Å². The predicted octanol–water partition coefficient (Wildman–Crippen LogP) is 3.62. The standard InChI is InChI=1S/C17H15F2N3O2S2/c1-8-9(2)26-15-14(8)16(24)22(3)17(21-15)25-7-13(23)20-10-4-5-11(18)12(19)6-10/h4-6H,7H2,1-3H3,(H,20,23). The minimum atomic E-state index is -1.03. The SMILES string of the molecule is Cc1sc2nc(SCC(=O)Nc3ccc(F)c(F)c3)n(C)c(=O)c2c1C. The van der Waals surface area contributed by atoms with Gasteiger partial charge in [0.25, 0.3) is 5.56 Å². The van der Waals surface area contributed by atoms with Gasteiger partial charge in [0.1, 0.15) is 4.83 Å². The molecular formula is C17H15F2N3O2S2. The number of aryl methyl sites for hydroxylation is 2. The molecule has 0 atom stereocenters. The third-order valence-electron chi connectivity index (χ3n) is 3.91. The molecule has 5 nitrogen and oxygen atoms in total. The Balaban J connectivity index is 1.77. The number of hydrogen-bond acceptors (Lipinski definition) is 5. The van der Waals surface area contributed by atoms with Crippen LogP contribution in [0.1, 0.15) is 10.4 Å². The maximum absolute atomic E-state index is 13.2. The van der Waals surface area contributed by atoms with Gasteiger partial charge in [-0.25, -0.2) is 13.8 Å². The zero-order valence-corrected chi connectivity index (χ0v) is 15.9. The van der Waals surface area contributed by atoms with Crippen molar-refractivity contribution in [1.82, 2.24) is 9.55 Å². The highest BCUT2D eigenvalue weighted by atomic mass is 32.2. The minimum absolute atomic E-state index is 0.0197. The second-order valence-corrected chi connectivity index (χ2v) is 7.83. The summed E-state index contributed by atoms with van der Waals surface area (Å²) in [5, 5.41) is 3.51. The topological polar surface area (TPSA) is 64.0 Å². The number of benzene rings is 1. The summed E-state index contributed by atoms with van der Waals surface area (Å²) in [6, 6.07) is 3.13. The van der Waals surface area contributed by atoms with Crippen molar-refractivity contribution in [2.75, 3.05) is 11.1 Å². The Morgan fingerprint density at radius 3 is 2.73 bits per heavy atom. The summed E-state index contributed by atoms with van der Waals surface area (Å²) in [5.41, 5.74) is 0.933. The molecule has 0 aliphatic rings. The maximum Gasteiger partial charge on any atom is 0.262 e. The van der Waals surface area contributed by atoms with Gasteiger partial charge in [0.15, 0.2) is 16.8 Å². The lowest BCUT2D eigenvalue weighted by Gasteiger charge is -2.08. The zero-order valence-electron chi connectivity index (χ0n) is 14.2. The lowest BCUT2D eigenvalue weighted by atomic mass is 10.2. The third-order valence-corrected chi connectivity index (χ3v) is 6.04. The van der Waals surface area contributed by atoms with Crippen molar-refractivity contribution in [3.8, 4) is 0 Å². The summed E-state index contributed by atoms with van der Waals surface area (Å²) in [6.45, 7) is 3.82. The number of anilines is 1. The van der Waals surface area contributed by atoms with E-state index in [1.807, 2.05) is 13.8 Å². The van der Waals surface area contributed by atoms with Gasteiger partial charge >= 0.3 is 0 Å². The van der Waals surface area contributed by atoms with Gasteiger partial charge in [0, 0.05) is 23.7 Å². The quantitative estimate of drug-likeness (QED) is 0.541. The van der Waals surface area contributed by atoms with E-state index in [0.717, 1.165) is 34.3 Å². The molecule has 1 amide bonds. The Kier molecular flexibility index (Phi) is 5.10. The molecule has 1 N–H and O–H groups in total. The molecule has 0 aliphatic heterocycles. The van der Waals surface area contributed by atoms with Crippen LogP contribution in [0.3, 0.4) is 0 Å². The van der Waals surface area contributed by atoms with Crippen LogP contribution in [-0.4, -0.2) is 21.2 Å². The van der Waals surface area contributed by atoms with Crippen molar-refractivity contribution in [3.63, 3.8) is 0 Å². The van der Waals surface area contributed by atoms with E-state index in [-0.39, 0.29) is 17.0 Å². The fourth-order valence-corrected chi connectivity index (χ4v) is 4.23. The number of rotatable bonds is 4. The van der Waals surface area contributed by atoms with Crippen LogP contribution in [0.2, 0.25) is 0 Å². The molecule has 2 aromatic heterocycles.